The Balaban J connectivity index is 1.61. The van der Waals surface area contributed by atoms with Crippen molar-refractivity contribution in [1.82, 2.24) is 20.2 Å². The summed E-state index contributed by atoms with van der Waals surface area (Å²) < 4.78 is 11.0. The molecule has 1 fully saturated rings. The molecule has 0 saturated carbocycles. The molecule has 8 heteroatoms. The highest BCUT2D eigenvalue weighted by atomic mass is 16.5. The van der Waals surface area contributed by atoms with E-state index in [9.17, 15) is 9.59 Å². The molecular formula is C23H24N4O4. The van der Waals surface area contributed by atoms with E-state index in [1.165, 1.54) is 0 Å². The van der Waals surface area contributed by atoms with E-state index in [-0.39, 0.29) is 11.8 Å². The third-order valence-electron chi connectivity index (χ3n) is 5.16. The molecule has 1 atom stereocenters. The number of carbonyl (C=O) groups excluding carboxylic acids is 2. The van der Waals surface area contributed by atoms with E-state index in [1.54, 1.807) is 42.6 Å². The van der Waals surface area contributed by atoms with Crippen molar-refractivity contribution >= 4 is 22.7 Å². The molecule has 0 aliphatic carbocycles. The van der Waals surface area contributed by atoms with Gasteiger partial charge >= 0.3 is 0 Å². The van der Waals surface area contributed by atoms with Gasteiger partial charge in [0.2, 0.25) is 0 Å². The molecule has 2 amide bonds. The zero-order chi connectivity index (χ0) is 21.6. The second kappa shape index (κ2) is 9.63. The number of amides is 2. The van der Waals surface area contributed by atoms with E-state index in [2.05, 4.69) is 10.3 Å². The largest absolute Gasteiger partial charge is 0.383 e. The minimum Gasteiger partial charge on any atom is -0.383 e. The average molecular weight is 420 g/mol. The van der Waals surface area contributed by atoms with Crippen LogP contribution in [0.2, 0.25) is 0 Å². The van der Waals surface area contributed by atoms with Crippen molar-refractivity contribution in [2.75, 3.05) is 40.0 Å². The Morgan fingerprint density at radius 2 is 2.13 bits per heavy atom. The van der Waals surface area contributed by atoms with Gasteiger partial charge in [0.1, 0.15) is 6.10 Å². The zero-order valence-electron chi connectivity index (χ0n) is 17.3. The number of methoxy groups -OCH3 is 1. The lowest BCUT2D eigenvalue weighted by atomic mass is 10.0. The quantitative estimate of drug-likeness (QED) is 0.615. The van der Waals surface area contributed by atoms with Gasteiger partial charge < -0.3 is 19.7 Å². The fourth-order valence-electron chi connectivity index (χ4n) is 3.60. The molecule has 31 heavy (non-hydrogen) atoms. The Morgan fingerprint density at radius 3 is 2.94 bits per heavy atom. The van der Waals surface area contributed by atoms with Crippen LogP contribution in [0.5, 0.6) is 0 Å². The smallest absolute Gasteiger partial charge is 0.255 e. The highest BCUT2D eigenvalue weighted by Gasteiger charge is 2.28. The highest BCUT2D eigenvalue weighted by Crippen LogP contribution is 2.26. The summed E-state index contributed by atoms with van der Waals surface area (Å²) in [5.41, 5.74) is 2.39. The number of fused-ring (bicyclic) bond motifs is 1. The minimum absolute atomic E-state index is 0.0975. The predicted octanol–water partition coefficient (Wildman–Crippen LogP) is 2.22. The summed E-state index contributed by atoms with van der Waals surface area (Å²) >= 11 is 0. The Hall–Kier alpha value is -3.36. The summed E-state index contributed by atoms with van der Waals surface area (Å²) in [6, 6.07) is 12.7. The lowest BCUT2D eigenvalue weighted by molar-refractivity contribution is -0.0246. The fourth-order valence-corrected chi connectivity index (χ4v) is 3.60. The van der Waals surface area contributed by atoms with Crippen molar-refractivity contribution in [2.24, 2.45) is 0 Å². The SMILES string of the molecule is COCCNC(=O)c1cc(C2CN(C(=O)c3cccnc3)CCO2)nc2ccccc12. The molecule has 1 unspecified atom stereocenters. The number of carbonyl (C=O) groups is 2. The number of ether oxygens (including phenoxy) is 2. The number of benzene rings is 1. The second-order valence-electron chi connectivity index (χ2n) is 7.21. The molecule has 0 spiro atoms. The minimum atomic E-state index is -0.426. The highest BCUT2D eigenvalue weighted by molar-refractivity contribution is 6.06. The first kappa shape index (κ1) is 20.9. The van der Waals surface area contributed by atoms with E-state index in [0.717, 1.165) is 5.39 Å². The summed E-state index contributed by atoms with van der Waals surface area (Å²) in [5, 5.41) is 3.63. The van der Waals surface area contributed by atoms with Gasteiger partial charge in [-0.1, -0.05) is 18.2 Å². The van der Waals surface area contributed by atoms with Gasteiger partial charge in [0, 0.05) is 38.0 Å². The molecular weight excluding hydrogens is 396 g/mol. The maximum atomic E-state index is 12.8. The van der Waals surface area contributed by atoms with E-state index >= 15 is 0 Å². The van der Waals surface area contributed by atoms with Crippen LogP contribution in [0.25, 0.3) is 10.9 Å². The van der Waals surface area contributed by atoms with Crippen molar-refractivity contribution in [3.05, 3.63) is 71.7 Å². The second-order valence-corrected chi connectivity index (χ2v) is 7.21. The normalized spacial score (nSPS) is 16.3. The molecule has 1 saturated heterocycles. The maximum absolute atomic E-state index is 12.8. The topological polar surface area (TPSA) is 93.7 Å². The number of pyridine rings is 2. The molecule has 2 aromatic heterocycles. The van der Waals surface area contributed by atoms with Crippen LogP contribution in [0.3, 0.4) is 0 Å². The number of nitrogens with zero attached hydrogens (tertiary/aromatic N) is 3. The van der Waals surface area contributed by atoms with Crippen molar-refractivity contribution in [1.29, 1.82) is 0 Å². The molecule has 1 N–H and O–H groups in total. The van der Waals surface area contributed by atoms with Gasteiger partial charge in [0.15, 0.2) is 0 Å². The summed E-state index contributed by atoms with van der Waals surface area (Å²) in [4.78, 5) is 36.2. The first-order valence-corrected chi connectivity index (χ1v) is 10.1. The Morgan fingerprint density at radius 1 is 1.26 bits per heavy atom. The molecule has 3 heterocycles. The summed E-state index contributed by atoms with van der Waals surface area (Å²) in [7, 11) is 1.59. The molecule has 1 aromatic carbocycles. The maximum Gasteiger partial charge on any atom is 0.255 e. The van der Waals surface area contributed by atoms with Gasteiger partial charge in [-0.3, -0.25) is 14.6 Å². The van der Waals surface area contributed by atoms with Crippen LogP contribution in [0.1, 0.15) is 32.5 Å². The molecule has 0 radical (unpaired) electrons. The van der Waals surface area contributed by atoms with E-state index < -0.39 is 6.10 Å². The molecule has 4 rings (SSSR count). The number of morpholine rings is 1. The third-order valence-corrected chi connectivity index (χ3v) is 5.16. The number of rotatable bonds is 6. The molecule has 160 valence electrons. The number of aromatic nitrogens is 2. The van der Waals surface area contributed by atoms with Crippen molar-refractivity contribution in [2.45, 2.75) is 6.10 Å². The van der Waals surface area contributed by atoms with Gasteiger partial charge in [-0.15, -0.1) is 0 Å². The van der Waals surface area contributed by atoms with E-state index in [1.807, 2.05) is 24.3 Å². The van der Waals surface area contributed by atoms with Crippen LogP contribution >= 0.6 is 0 Å². The molecule has 3 aromatic rings. The zero-order valence-corrected chi connectivity index (χ0v) is 17.3. The average Bonchev–Trinajstić information content (AvgIpc) is 2.83. The molecule has 1 aliphatic rings. The molecule has 0 bridgehead atoms. The number of nitrogens with one attached hydrogen (secondary N) is 1. The van der Waals surface area contributed by atoms with Crippen molar-refractivity contribution < 1.29 is 19.1 Å². The van der Waals surface area contributed by atoms with Crippen LogP contribution in [0.4, 0.5) is 0 Å². The van der Waals surface area contributed by atoms with Crippen molar-refractivity contribution in [3.8, 4) is 0 Å². The molecule has 1 aliphatic heterocycles. The Bertz CT molecular complexity index is 1070. The number of hydrogen-bond acceptors (Lipinski definition) is 6. The van der Waals surface area contributed by atoms with Gasteiger partial charge in [-0.25, -0.2) is 4.98 Å². The van der Waals surface area contributed by atoms with Gasteiger partial charge in [0.25, 0.3) is 11.8 Å². The van der Waals surface area contributed by atoms with Crippen LogP contribution in [0.15, 0.2) is 54.9 Å². The summed E-state index contributed by atoms with van der Waals surface area (Å²) in [6.45, 7) is 2.07. The van der Waals surface area contributed by atoms with Gasteiger partial charge in [-0.05, 0) is 24.3 Å². The standard InChI is InChI=1S/C23H24N4O4/c1-30-11-9-25-22(28)18-13-20(26-19-7-3-2-6-17(18)19)21-15-27(10-12-31-21)23(29)16-5-4-8-24-14-16/h2-8,13-14,21H,9-12,15H2,1H3,(H,25,28). The van der Waals surface area contributed by atoms with Gasteiger partial charge in [0.05, 0.1) is 42.1 Å². The van der Waals surface area contributed by atoms with Crippen molar-refractivity contribution in [3.63, 3.8) is 0 Å². The predicted molar refractivity (Wildman–Crippen MR) is 115 cm³/mol. The first-order chi connectivity index (χ1) is 15.2. The summed E-state index contributed by atoms with van der Waals surface area (Å²) in [6.07, 6.45) is 2.77. The van der Waals surface area contributed by atoms with E-state index in [4.69, 9.17) is 14.5 Å². The number of para-hydroxylation sites is 1. The van der Waals surface area contributed by atoms with Crippen LogP contribution in [-0.4, -0.2) is 66.6 Å². The van der Waals surface area contributed by atoms with E-state index in [0.29, 0.717) is 55.2 Å². The first-order valence-electron chi connectivity index (χ1n) is 10.1. The summed E-state index contributed by atoms with van der Waals surface area (Å²) in [5.74, 6) is -0.296. The van der Waals surface area contributed by atoms with Gasteiger partial charge in [-0.2, -0.15) is 0 Å². The molecule has 8 nitrogen and oxygen atoms in total. The van der Waals surface area contributed by atoms with Crippen LogP contribution < -0.4 is 5.32 Å². The lowest BCUT2D eigenvalue weighted by Gasteiger charge is -2.33. The lowest BCUT2D eigenvalue weighted by Crippen LogP contribution is -2.42. The monoisotopic (exact) mass is 420 g/mol. The van der Waals surface area contributed by atoms with Crippen LogP contribution in [-0.2, 0) is 9.47 Å². The van der Waals surface area contributed by atoms with Crippen LogP contribution in [0, 0.1) is 0 Å². The Kier molecular flexibility index (Phi) is 6.49. The fraction of sp³-hybridized carbons (Fsp3) is 0.304. The number of hydrogen-bond donors (Lipinski definition) is 1. The third kappa shape index (κ3) is 4.70. The Labute approximate surface area is 180 Å².